The van der Waals surface area contributed by atoms with Crippen LogP contribution in [0.15, 0.2) is 60.0 Å². The molecule has 2 atom stereocenters. The molecule has 1 heteroatoms. The molecule has 0 heterocycles. The molecule has 0 bridgehead atoms. The summed E-state index contributed by atoms with van der Waals surface area (Å²) < 4.78 is 0. The van der Waals surface area contributed by atoms with Gasteiger partial charge in [0.25, 0.3) is 0 Å². The molecule has 2 unspecified atom stereocenters. The van der Waals surface area contributed by atoms with Gasteiger partial charge in [-0.2, -0.15) is 0 Å². The maximum Gasteiger partial charge on any atom is 0.0458 e. The second kappa shape index (κ2) is 6.56. The zero-order valence-electron chi connectivity index (χ0n) is 14.0. The van der Waals surface area contributed by atoms with E-state index in [0.29, 0.717) is 5.92 Å². The maximum absolute atomic E-state index is 2.47. The summed E-state index contributed by atoms with van der Waals surface area (Å²) in [6.07, 6.45) is 14.3. The highest BCUT2D eigenvalue weighted by molar-refractivity contribution is 5.61. The Morgan fingerprint density at radius 2 is 1.77 bits per heavy atom. The van der Waals surface area contributed by atoms with Crippen LogP contribution < -0.4 is 4.90 Å². The lowest BCUT2D eigenvalue weighted by Crippen LogP contribution is -2.24. The molecule has 116 valence electrons. The first kappa shape index (κ1) is 15.1. The normalized spacial score (nSPS) is 24.7. The fraction of sp³-hybridized carbons (Fsp3) is 0.429. The lowest BCUT2D eigenvalue weighted by atomic mass is 9.92. The summed E-state index contributed by atoms with van der Waals surface area (Å²) >= 11 is 0. The first-order chi connectivity index (χ1) is 10.6. The van der Waals surface area contributed by atoms with Gasteiger partial charge in [0.05, 0.1) is 0 Å². The van der Waals surface area contributed by atoms with Crippen molar-refractivity contribution in [3.63, 3.8) is 0 Å². The average Bonchev–Trinajstić information content (AvgIpc) is 2.53. The van der Waals surface area contributed by atoms with Crippen LogP contribution in [0, 0.1) is 18.8 Å². The van der Waals surface area contributed by atoms with Crippen molar-refractivity contribution in [2.75, 3.05) is 4.90 Å². The van der Waals surface area contributed by atoms with Crippen LogP contribution in [0.3, 0.4) is 0 Å². The van der Waals surface area contributed by atoms with Crippen LogP contribution in [0.2, 0.25) is 0 Å². The van der Waals surface area contributed by atoms with Crippen LogP contribution in [-0.4, -0.2) is 0 Å². The molecule has 0 amide bonds. The molecule has 1 nitrogen and oxygen atoms in total. The van der Waals surface area contributed by atoms with Crippen molar-refractivity contribution in [1.82, 2.24) is 0 Å². The van der Waals surface area contributed by atoms with E-state index < -0.39 is 0 Å². The fourth-order valence-electron chi connectivity index (χ4n) is 3.21. The number of anilines is 1. The lowest BCUT2D eigenvalue weighted by Gasteiger charge is -2.33. The number of nitrogens with zero attached hydrogens (tertiary/aromatic N) is 1. The number of rotatable bonds is 3. The van der Waals surface area contributed by atoms with Crippen LogP contribution in [-0.2, 0) is 0 Å². The molecule has 2 aliphatic carbocycles. The molecule has 0 saturated carbocycles. The van der Waals surface area contributed by atoms with Gasteiger partial charge in [0.2, 0.25) is 0 Å². The molecule has 0 N–H and O–H groups in total. The van der Waals surface area contributed by atoms with Crippen molar-refractivity contribution in [2.45, 2.75) is 46.5 Å². The first-order valence-electron chi connectivity index (χ1n) is 8.57. The largest absolute Gasteiger partial charge is 0.315 e. The predicted molar refractivity (Wildman–Crippen MR) is 95.8 cm³/mol. The summed E-state index contributed by atoms with van der Waals surface area (Å²) in [5.41, 5.74) is 5.41. The van der Waals surface area contributed by atoms with Crippen molar-refractivity contribution >= 4 is 5.69 Å². The van der Waals surface area contributed by atoms with Gasteiger partial charge in [-0.05, 0) is 62.7 Å². The molecular formula is C21H27N. The fourth-order valence-corrected chi connectivity index (χ4v) is 3.21. The molecule has 1 aromatic rings. The van der Waals surface area contributed by atoms with Gasteiger partial charge < -0.3 is 4.90 Å². The van der Waals surface area contributed by atoms with Crippen LogP contribution in [0.4, 0.5) is 5.69 Å². The van der Waals surface area contributed by atoms with Gasteiger partial charge in [-0.15, -0.1) is 0 Å². The van der Waals surface area contributed by atoms with Crippen molar-refractivity contribution in [3.05, 3.63) is 65.5 Å². The summed E-state index contributed by atoms with van der Waals surface area (Å²) in [5, 5.41) is 0. The number of hydrogen-bond donors (Lipinski definition) is 0. The zero-order valence-corrected chi connectivity index (χ0v) is 14.0. The van der Waals surface area contributed by atoms with E-state index in [9.17, 15) is 0 Å². The number of benzene rings is 1. The highest BCUT2D eigenvalue weighted by Crippen LogP contribution is 2.34. The maximum atomic E-state index is 2.47. The van der Waals surface area contributed by atoms with Crippen molar-refractivity contribution in [3.8, 4) is 0 Å². The minimum absolute atomic E-state index is 0.656. The molecule has 22 heavy (non-hydrogen) atoms. The van der Waals surface area contributed by atoms with Crippen LogP contribution >= 0.6 is 0 Å². The molecule has 0 spiro atoms. The van der Waals surface area contributed by atoms with Crippen molar-refractivity contribution < 1.29 is 0 Å². The molecule has 1 aromatic carbocycles. The molecule has 3 rings (SSSR count). The van der Waals surface area contributed by atoms with Gasteiger partial charge in [0, 0.05) is 17.1 Å². The molecule has 0 aromatic heterocycles. The minimum Gasteiger partial charge on any atom is -0.315 e. The lowest BCUT2D eigenvalue weighted by molar-refractivity contribution is 0.509. The molecule has 0 saturated heterocycles. The van der Waals surface area contributed by atoms with E-state index in [0.717, 1.165) is 12.3 Å². The molecule has 0 fully saturated rings. The number of allylic oxidation sites excluding steroid dienone is 5. The molecule has 0 aliphatic heterocycles. The predicted octanol–water partition coefficient (Wildman–Crippen LogP) is 5.99. The number of hydrogen-bond acceptors (Lipinski definition) is 1. The van der Waals surface area contributed by atoms with E-state index in [2.05, 4.69) is 74.2 Å². The Balaban J connectivity index is 1.95. The third kappa shape index (κ3) is 3.35. The SMILES string of the molecule is Cc1ccc(N(C2=CCC(C)C=C2)C2=CCC(C)CC2)cc1. The van der Waals surface area contributed by atoms with Gasteiger partial charge in [-0.3, -0.25) is 0 Å². The Morgan fingerprint density at radius 3 is 2.36 bits per heavy atom. The van der Waals surface area contributed by atoms with Crippen LogP contribution in [0.25, 0.3) is 0 Å². The van der Waals surface area contributed by atoms with E-state index >= 15 is 0 Å². The van der Waals surface area contributed by atoms with Gasteiger partial charge >= 0.3 is 0 Å². The van der Waals surface area contributed by atoms with Gasteiger partial charge in [0.1, 0.15) is 0 Å². The van der Waals surface area contributed by atoms with Gasteiger partial charge in [-0.1, -0.05) is 49.8 Å². The molecule has 0 radical (unpaired) electrons. The zero-order chi connectivity index (χ0) is 15.5. The Morgan fingerprint density at radius 1 is 1.00 bits per heavy atom. The number of aryl methyl sites for hydroxylation is 1. The summed E-state index contributed by atoms with van der Waals surface area (Å²) in [6.45, 7) is 6.78. The minimum atomic E-state index is 0.656. The molecular weight excluding hydrogens is 266 g/mol. The summed E-state index contributed by atoms with van der Waals surface area (Å²) in [4.78, 5) is 2.47. The third-order valence-electron chi connectivity index (χ3n) is 4.78. The van der Waals surface area contributed by atoms with Crippen molar-refractivity contribution in [2.24, 2.45) is 11.8 Å². The van der Waals surface area contributed by atoms with Crippen LogP contribution in [0.5, 0.6) is 0 Å². The first-order valence-corrected chi connectivity index (χ1v) is 8.57. The Kier molecular flexibility index (Phi) is 4.52. The van der Waals surface area contributed by atoms with Gasteiger partial charge in [-0.25, -0.2) is 0 Å². The summed E-state index contributed by atoms with van der Waals surface area (Å²) in [5.74, 6) is 1.48. The monoisotopic (exact) mass is 293 g/mol. The second-order valence-electron chi connectivity index (χ2n) is 6.95. The quantitative estimate of drug-likeness (QED) is 0.662. The Labute approximate surface area is 135 Å². The van der Waals surface area contributed by atoms with E-state index in [1.807, 2.05) is 0 Å². The third-order valence-corrected chi connectivity index (χ3v) is 4.78. The Bertz CT molecular complexity index is 603. The van der Waals surface area contributed by atoms with Crippen molar-refractivity contribution in [1.29, 1.82) is 0 Å². The van der Waals surface area contributed by atoms with Gasteiger partial charge in [0.15, 0.2) is 0 Å². The second-order valence-corrected chi connectivity index (χ2v) is 6.95. The van der Waals surface area contributed by atoms with E-state index in [1.165, 1.54) is 41.9 Å². The summed E-state index contributed by atoms with van der Waals surface area (Å²) in [6, 6.07) is 8.93. The van der Waals surface area contributed by atoms with E-state index in [-0.39, 0.29) is 0 Å². The van der Waals surface area contributed by atoms with E-state index in [4.69, 9.17) is 0 Å². The summed E-state index contributed by atoms with van der Waals surface area (Å²) in [7, 11) is 0. The highest BCUT2D eigenvalue weighted by Gasteiger charge is 2.20. The van der Waals surface area contributed by atoms with Crippen LogP contribution in [0.1, 0.15) is 45.1 Å². The average molecular weight is 293 g/mol. The smallest absolute Gasteiger partial charge is 0.0458 e. The highest BCUT2D eigenvalue weighted by atomic mass is 15.2. The van der Waals surface area contributed by atoms with E-state index in [1.54, 1.807) is 0 Å². The topological polar surface area (TPSA) is 3.24 Å². The Hall–Kier alpha value is -1.76. The molecule has 2 aliphatic rings. The standard InChI is InChI=1S/C21H27N/c1-16-4-10-19(11-5-16)22(20-12-6-17(2)7-13-20)21-14-8-18(3)9-15-21/h4-6,10-14,17-18H,7-9,15H2,1-3H3.